The number of methoxy groups -OCH3 is 1. The van der Waals surface area contributed by atoms with E-state index in [9.17, 15) is 13.2 Å². The van der Waals surface area contributed by atoms with Crippen molar-refractivity contribution in [1.29, 1.82) is 0 Å². The number of rotatable bonds is 8. The van der Waals surface area contributed by atoms with Crippen LogP contribution >= 0.6 is 0 Å². The minimum Gasteiger partial charge on any atom is -0.497 e. The highest BCUT2D eigenvalue weighted by atomic mass is 32.2. The molecule has 0 bridgehead atoms. The Morgan fingerprint density at radius 2 is 1.62 bits per heavy atom. The zero-order valence-corrected chi connectivity index (χ0v) is 20.7. The van der Waals surface area contributed by atoms with Gasteiger partial charge in [0.25, 0.3) is 0 Å². The van der Waals surface area contributed by atoms with Crippen molar-refractivity contribution in [3.8, 4) is 5.75 Å². The maximum atomic E-state index is 13.1. The molecule has 0 spiro atoms. The molecule has 0 radical (unpaired) electrons. The molecule has 2 aliphatic heterocycles. The van der Waals surface area contributed by atoms with Crippen LogP contribution in [0.15, 0.2) is 53.4 Å². The summed E-state index contributed by atoms with van der Waals surface area (Å²) in [6.45, 7) is 4.40. The summed E-state index contributed by atoms with van der Waals surface area (Å²) in [5.41, 5.74) is 2.35. The first-order chi connectivity index (χ1) is 16.5. The largest absolute Gasteiger partial charge is 0.497 e. The zero-order valence-electron chi connectivity index (χ0n) is 19.9. The molecule has 0 saturated carbocycles. The van der Waals surface area contributed by atoms with Crippen molar-refractivity contribution in [1.82, 2.24) is 14.5 Å². The number of piperidine rings is 2. The minimum absolute atomic E-state index is 0.0907. The SMILES string of the molecule is COc1ccc(S(=O)(=O)N2CCC[C@@H](C(=O)NCc3ccc(CN4CCCCC4)cc3)C2)cc1. The van der Waals surface area contributed by atoms with Crippen LogP contribution in [0, 0.1) is 5.92 Å². The van der Waals surface area contributed by atoms with Gasteiger partial charge in [-0.1, -0.05) is 30.7 Å². The van der Waals surface area contributed by atoms with Crippen LogP contribution in [0.1, 0.15) is 43.2 Å². The molecule has 0 aromatic heterocycles. The van der Waals surface area contributed by atoms with Gasteiger partial charge < -0.3 is 10.1 Å². The van der Waals surface area contributed by atoms with E-state index >= 15 is 0 Å². The Morgan fingerprint density at radius 1 is 0.941 bits per heavy atom. The smallest absolute Gasteiger partial charge is 0.243 e. The Morgan fingerprint density at radius 3 is 2.29 bits per heavy atom. The normalized spacial score (nSPS) is 20.1. The van der Waals surface area contributed by atoms with Crippen LogP contribution in [0.5, 0.6) is 5.75 Å². The summed E-state index contributed by atoms with van der Waals surface area (Å²) in [7, 11) is -2.10. The van der Waals surface area contributed by atoms with Crippen LogP contribution in [0.2, 0.25) is 0 Å². The van der Waals surface area contributed by atoms with Gasteiger partial charge >= 0.3 is 0 Å². The molecule has 1 amide bonds. The lowest BCUT2D eigenvalue weighted by molar-refractivity contribution is -0.126. The predicted octanol–water partition coefficient (Wildman–Crippen LogP) is 3.40. The Labute approximate surface area is 203 Å². The van der Waals surface area contributed by atoms with Gasteiger partial charge in [0.05, 0.1) is 17.9 Å². The number of sulfonamides is 1. The average molecular weight is 486 g/mol. The van der Waals surface area contributed by atoms with Crippen molar-refractivity contribution in [2.24, 2.45) is 5.92 Å². The number of likely N-dealkylation sites (tertiary alicyclic amines) is 1. The van der Waals surface area contributed by atoms with Gasteiger partial charge in [0.15, 0.2) is 0 Å². The van der Waals surface area contributed by atoms with Gasteiger partial charge in [0.1, 0.15) is 5.75 Å². The lowest BCUT2D eigenvalue weighted by Gasteiger charge is -2.31. The van der Waals surface area contributed by atoms with Crippen molar-refractivity contribution >= 4 is 15.9 Å². The number of nitrogens with one attached hydrogen (secondary N) is 1. The maximum absolute atomic E-state index is 13.1. The molecule has 2 aliphatic rings. The number of ether oxygens (including phenoxy) is 1. The molecule has 4 rings (SSSR count). The van der Waals surface area contributed by atoms with Gasteiger partial charge in [0, 0.05) is 26.2 Å². The van der Waals surface area contributed by atoms with Crippen molar-refractivity contribution in [2.75, 3.05) is 33.3 Å². The second-order valence-corrected chi connectivity index (χ2v) is 11.2. The highest BCUT2D eigenvalue weighted by molar-refractivity contribution is 7.89. The van der Waals surface area contributed by atoms with E-state index in [4.69, 9.17) is 4.74 Å². The topological polar surface area (TPSA) is 79.0 Å². The number of hydrogen-bond acceptors (Lipinski definition) is 5. The third kappa shape index (κ3) is 6.17. The average Bonchev–Trinajstić information content (AvgIpc) is 2.89. The Balaban J connectivity index is 1.29. The number of carbonyl (C=O) groups is 1. The molecule has 2 fully saturated rings. The van der Waals surface area contributed by atoms with Crippen molar-refractivity contribution < 1.29 is 17.9 Å². The summed E-state index contributed by atoms with van der Waals surface area (Å²) in [5, 5.41) is 3.01. The molecule has 0 aliphatic carbocycles. The molecule has 1 N–H and O–H groups in total. The van der Waals surface area contributed by atoms with E-state index < -0.39 is 10.0 Å². The first kappa shape index (κ1) is 24.7. The summed E-state index contributed by atoms with van der Waals surface area (Å²) in [6.07, 6.45) is 5.25. The second-order valence-electron chi connectivity index (χ2n) is 9.25. The molecule has 184 valence electrons. The first-order valence-corrected chi connectivity index (χ1v) is 13.6. The predicted molar refractivity (Wildman–Crippen MR) is 132 cm³/mol. The molecule has 7 nitrogen and oxygen atoms in total. The molecule has 2 saturated heterocycles. The van der Waals surface area contributed by atoms with Crippen molar-refractivity contribution in [2.45, 2.75) is 50.1 Å². The molecular formula is C26H35N3O4S. The van der Waals surface area contributed by atoms with E-state index in [0.717, 1.165) is 12.1 Å². The number of benzene rings is 2. The number of hydrogen-bond donors (Lipinski definition) is 1. The van der Waals surface area contributed by atoms with E-state index in [1.807, 2.05) is 0 Å². The fourth-order valence-electron chi connectivity index (χ4n) is 4.74. The summed E-state index contributed by atoms with van der Waals surface area (Å²) in [6, 6.07) is 14.8. The third-order valence-corrected chi connectivity index (χ3v) is 8.68. The van der Waals surface area contributed by atoms with Crippen LogP contribution in [0.25, 0.3) is 0 Å². The summed E-state index contributed by atoms with van der Waals surface area (Å²) in [4.78, 5) is 15.6. The lowest BCUT2D eigenvalue weighted by Crippen LogP contribution is -2.45. The number of carbonyl (C=O) groups excluding carboxylic acids is 1. The Hall–Kier alpha value is -2.42. The molecule has 1 atom stereocenters. The number of amides is 1. The van der Waals surface area contributed by atoms with Crippen LogP contribution in [0.4, 0.5) is 0 Å². The van der Waals surface area contributed by atoms with Crippen LogP contribution < -0.4 is 10.1 Å². The molecular weight excluding hydrogens is 450 g/mol. The highest BCUT2D eigenvalue weighted by Gasteiger charge is 2.33. The summed E-state index contributed by atoms with van der Waals surface area (Å²) < 4.78 is 32.7. The Bertz CT molecular complexity index is 1050. The fourth-order valence-corrected chi connectivity index (χ4v) is 6.27. The fraction of sp³-hybridized carbons (Fsp3) is 0.500. The maximum Gasteiger partial charge on any atom is 0.243 e. The molecule has 8 heteroatoms. The van der Waals surface area contributed by atoms with Crippen molar-refractivity contribution in [3.63, 3.8) is 0 Å². The molecule has 2 aromatic rings. The monoisotopic (exact) mass is 485 g/mol. The van der Waals surface area contributed by atoms with Crippen LogP contribution in [-0.2, 0) is 27.9 Å². The standard InChI is InChI=1S/C26H35N3O4S/c1-33-24-11-13-25(14-12-24)34(31,32)29-17-5-6-23(20-29)26(30)27-18-21-7-9-22(10-8-21)19-28-15-3-2-4-16-28/h7-14,23H,2-6,15-20H2,1H3,(H,27,30)/t23-/m1/s1. The summed E-state index contributed by atoms with van der Waals surface area (Å²) >= 11 is 0. The molecule has 2 aromatic carbocycles. The van der Waals surface area contributed by atoms with Gasteiger partial charge in [-0.15, -0.1) is 0 Å². The Kier molecular flexibility index (Phi) is 8.24. The second kappa shape index (κ2) is 11.3. The van der Waals surface area contributed by atoms with E-state index in [-0.39, 0.29) is 23.3 Å². The van der Waals surface area contributed by atoms with Crippen molar-refractivity contribution in [3.05, 3.63) is 59.7 Å². The number of nitrogens with zero attached hydrogens (tertiary/aromatic N) is 2. The van der Waals surface area contributed by atoms with E-state index in [2.05, 4.69) is 34.5 Å². The molecule has 2 heterocycles. The molecule has 34 heavy (non-hydrogen) atoms. The third-order valence-electron chi connectivity index (χ3n) is 6.80. The molecule has 0 unspecified atom stereocenters. The van der Waals surface area contributed by atoms with Gasteiger partial charge in [-0.2, -0.15) is 4.31 Å². The minimum atomic E-state index is -3.64. The van der Waals surface area contributed by atoms with Gasteiger partial charge in [-0.3, -0.25) is 9.69 Å². The van der Waals surface area contributed by atoms with Gasteiger partial charge in [0.2, 0.25) is 15.9 Å². The van der Waals surface area contributed by atoms with E-state index in [0.29, 0.717) is 31.7 Å². The summed E-state index contributed by atoms with van der Waals surface area (Å²) in [5.74, 6) is 0.168. The van der Waals surface area contributed by atoms with E-state index in [1.165, 1.54) is 42.2 Å². The van der Waals surface area contributed by atoms with Gasteiger partial charge in [-0.25, -0.2) is 8.42 Å². The van der Waals surface area contributed by atoms with Crippen LogP contribution in [0.3, 0.4) is 0 Å². The highest BCUT2D eigenvalue weighted by Crippen LogP contribution is 2.25. The first-order valence-electron chi connectivity index (χ1n) is 12.2. The lowest BCUT2D eigenvalue weighted by atomic mass is 9.98. The van der Waals surface area contributed by atoms with E-state index in [1.54, 1.807) is 31.4 Å². The quantitative estimate of drug-likeness (QED) is 0.620. The zero-order chi connectivity index (χ0) is 24.0. The van der Waals surface area contributed by atoms with Crippen LogP contribution in [-0.4, -0.2) is 56.8 Å². The van der Waals surface area contributed by atoms with Gasteiger partial charge in [-0.05, 0) is 74.2 Å².